The van der Waals surface area contributed by atoms with Gasteiger partial charge in [-0.15, -0.1) is 5.10 Å². The lowest BCUT2D eigenvalue weighted by Gasteiger charge is -2.12. The summed E-state index contributed by atoms with van der Waals surface area (Å²) in [6, 6.07) is 12.3. The molecule has 0 aliphatic rings. The number of nitrogens with zero attached hydrogens (tertiary/aromatic N) is 4. The number of nitrogens with one attached hydrogen (secondary N) is 2. The van der Waals surface area contributed by atoms with E-state index in [1.54, 1.807) is 30.3 Å². The van der Waals surface area contributed by atoms with E-state index in [4.69, 9.17) is 0 Å². The van der Waals surface area contributed by atoms with E-state index in [1.807, 2.05) is 39.8 Å². The number of carbonyl (C=O) groups is 2. The summed E-state index contributed by atoms with van der Waals surface area (Å²) in [5.41, 5.74) is 2.12. The molecule has 2 aromatic carbocycles. The van der Waals surface area contributed by atoms with Crippen molar-refractivity contribution in [3.8, 4) is 0 Å². The lowest BCUT2D eigenvalue weighted by atomic mass is 10.1. The fourth-order valence-corrected chi connectivity index (χ4v) is 4.05. The van der Waals surface area contributed by atoms with Gasteiger partial charge in [0.1, 0.15) is 6.54 Å². The minimum Gasteiger partial charge on any atom is -0.354 e. The number of rotatable bonds is 8. The fraction of sp³-hybridized carbons (Fsp3) is 0.346. The number of benzene rings is 2. The zero-order valence-corrected chi connectivity index (χ0v) is 20.9. The zero-order valence-electron chi connectivity index (χ0n) is 20.9. The molecule has 0 saturated carbocycles. The molecule has 4 rings (SSSR count). The Morgan fingerprint density at radius 3 is 2.53 bits per heavy atom. The summed E-state index contributed by atoms with van der Waals surface area (Å²) in [4.78, 5) is 51.8. The van der Waals surface area contributed by atoms with E-state index in [1.165, 1.54) is 8.97 Å². The van der Waals surface area contributed by atoms with Gasteiger partial charge in [0.25, 0.3) is 5.56 Å². The van der Waals surface area contributed by atoms with Gasteiger partial charge >= 0.3 is 5.69 Å². The summed E-state index contributed by atoms with van der Waals surface area (Å²) in [5, 5.41) is 10.4. The van der Waals surface area contributed by atoms with Crippen molar-refractivity contribution in [1.29, 1.82) is 0 Å². The molecule has 1 atom stereocenters. The summed E-state index contributed by atoms with van der Waals surface area (Å²) in [7, 11) is 0. The quantitative estimate of drug-likeness (QED) is 0.393. The minimum atomic E-state index is -0.546. The normalized spacial score (nSPS) is 12.1. The Labute approximate surface area is 207 Å². The molecule has 0 bridgehead atoms. The molecular formula is C26H30N6O4. The maximum absolute atomic E-state index is 13.3. The highest BCUT2D eigenvalue weighted by atomic mass is 16.2. The highest BCUT2D eigenvalue weighted by molar-refractivity contribution is 5.91. The standard InChI is InChI=1S/C26H30N6O4/c1-5-17(3)27-22(33)13-14-30-24(35)19-10-6-7-12-21(19)32-25(30)29-31(26(32)36)15-23(34)28-20-11-8-9-16(2)18(20)4/h6-12,17H,5,13-15H2,1-4H3,(H,27,33)(H,28,34)/t17-/m1/s1. The summed E-state index contributed by atoms with van der Waals surface area (Å²) in [6.07, 6.45) is 0.836. The third-order valence-electron chi connectivity index (χ3n) is 6.44. The maximum atomic E-state index is 13.3. The smallest absolute Gasteiger partial charge is 0.352 e. The van der Waals surface area contributed by atoms with Gasteiger partial charge in [-0.05, 0) is 56.5 Å². The molecular weight excluding hydrogens is 460 g/mol. The highest BCUT2D eigenvalue weighted by Crippen LogP contribution is 2.18. The molecule has 0 aliphatic heterocycles. The fourth-order valence-electron chi connectivity index (χ4n) is 4.05. The average Bonchev–Trinajstić information content (AvgIpc) is 3.17. The molecule has 2 N–H and O–H groups in total. The summed E-state index contributed by atoms with van der Waals surface area (Å²) in [6.45, 7) is 7.45. The molecule has 0 aliphatic carbocycles. The van der Waals surface area contributed by atoms with Crippen LogP contribution < -0.4 is 21.9 Å². The van der Waals surface area contributed by atoms with Gasteiger partial charge in [-0.1, -0.05) is 31.2 Å². The molecule has 4 aromatic rings. The van der Waals surface area contributed by atoms with Crippen LogP contribution in [0.3, 0.4) is 0 Å². The first-order valence-electron chi connectivity index (χ1n) is 12.0. The Kier molecular flexibility index (Phi) is 7.05. The van der Waals surface area contributed by atoms with Gasteiger partial charge in [-0.3, -0.25) is 19.0 Å². The summed E-state index contributed by atoms with van der Waals surface area (Å²) in [5.74, 6) is -0.530. The van der Waals surface area contributed by atoms with Crippen LogP contribution in [-0.2, 0) is 22.7 Å². The van der Waals surface area contributed by atoms with Crippen molar-refractivity contribution < 1.29 is 9.59 Å². The summed E-state index contributed by atoms with van der Waals surface area (Å²) < 4.78 is 3.67. The molecule has 2 aromatic heterocycles. The third kappa shape index (κ3) is 4.79. The number of hydrogen-bond donors (Lipinski definition) is 2. The third-order valence-corrected chi connectivity index (χ3v) is 6.44. The van der Waals surface area contributed by atoms with Gasteiger partial charge in [-0.25, -0.2) is 13.9 Å². The number of carbonyl (C=O) groups excluding carboxylic acids is 2. The minimum absolute atomic E-state index is 0.0169. The largest absolute Gasteiger partial charge is 0.354 e. The van der Waals surface area contributed by atoms with E-state index in [-0.39, 0.29) is 42.8 Å². The second kappa shape index (κ2) is 10.2. The first-order valence-corrected chi connectivity index (χ1v) is 12.0. The summed E-state index contributed by atoms with van der Waals surface area (Å²) >= 11 is 0. The van der Waals surface area contributed by atoms with Crippen LogP contribution in [-0.4, -0.2) is 36.6 Å². The molecule has 0 radical (unpaired) electrons. The number of amides is 2. The van der Waals surface area contributed by atoms with Crippen LogP contribution in [0, 0.1) is 13.8 Å². The molecule has 2 heterocycles. The zero-order chi connectivity index (χ0) is 26.0. The Balaban J connectivity index is 1.72. The van der Waals surface area contributed by atoms with Crippen molar-refractivity contribution in [3.05, 3.63) is 74.4 Å². The SMILES string of the molecule is CC[C@@H](C)NC(=O)CCn1c(=O)c2ccccc2n2c(=O)n(CC(=O)Nc3cccc(C)c3C)nc12. The Morgan fingerprint density at radius 1 is 1.03 bits per heavy atom. The molecule has 10 heteroatoms. The van der Waals surface area contributed by atoms with Crippen LogP contribution in [0.2, 0.25) is 0 Å². The topological polar surface area (TPSA) is 120 Å². The second-order valence-corrected chi connectivity index (χ2v) is 8.97. The van der Waals surface area contributed by atoms with E-state index >= 15 is 0 Å². The number of fused-ring (bicyclic) bond motifs is 3. The van der Waals surface area contributed by atoms with Gasteiger partial charge in [-0.2, -0.15) is 0 Å². The first-order chi connectivity index (χ1) is 17.2. The predicted octanol–water partition coefficient (Wildman–Crippen LogP) is 2.37. The molecule has 0 fully saturated rings. The van der Waals surface area contributed by atoms with Gasteiger partial charge in [0.2, 0.25) is 17.6 Å². The molecule has 0 spiro atoms. The van der Waals surface area contributed by atoms with Crippen molar-refractivity contribution in [2.75, 3.05) is 5.32 Å². The molecule has 2 amide bonds. The number of hydrogen-bond acceptors (Lipinski definition) is 5. The molecule has 188 valence electrons. The van der Waals surface area contributed by atoms with Crippen molar-refractivity contribution in [1.82, 2.24) is 24.1 Å². The van der Waals surface area contributed by atoms with Crippen LogP contribution in [0.15, 0.2) is 52.1 Å². The van der Waals surface area contributed by atoms with E-state index in [2.05, 4.69) is 15.7 Å². The van der Waals surface area contributed by atoms with E-state index < -0.39 is 11.6 Å². The monoisotopic (exact) mass is 490 g/mol. The van der Waals surface area contributed by atoms with Gasteiger partial charge in [0, 0.05) is 24.7 Å². The molecule has 0 saturated heterocycles. The van der Waals surface area contributed by atoms with Crippen molar-refractivity contribution in [2.24, 2.45) is 0 Å². The van der Waals surface area contributed by atoms with Crippen molar-refractivity contribution in [3.63, 3.8) is 0 Å². The van der Waals surface area contributed by atoms with Crippen LogP contribution >= 0.6 is 0 Å². The first kappa shape index (κ1) is 24.9. The number of para-hydroxylation sites is 1. The lowest BCUT2D eigenvalue weighted by molar-refractivity contribution is -0.122. The number of anilines is 1. The number of aromatic nitrogens is 4. The maximum Gasteiger partial charge on any atom is 0.352 e. The predicted molar refractivity (Wildman–Crippen MR) is 138 cm³/mol. The van der Waals surface area contributed by atoms with Crippen molar-refractivity contribution in [2.45, 2.75) is 59.7 Å². The van der Waals surface area contributed by atoms with E-state index in [0.717, 1.165) is 22.2 Å². The van der Waals surface area contributed by atoms with Gasteiger partial charge in [0.05, 0.1) is 10.9 Å². The van der Waals surface area contributed by atoms with Crippen LogP contribution in [0.5, 0.6) is 0 Å². The Morgan fingerprint density at radius 2 is 1.78 bits per heavy atom. The van der Waals surface area contributed by atoms with Crippen LogP contribution in [0.4, 0.5) is 5.69 Å². The average molecular weight is 491 g/mol. The lowest BCUT2D eigenvalue weighted by Crippen LogP contribution is -2.34. The van der Waals surface area contributed by atoms with E-state index in [9.17, 15) is 19.2 Å². The van der Waals surface area contributed by atoms with Gasteiger partial charge < -0.3 is 10.6 Å². The van der Waals surface area contributed by atoms with Crippen LogP contribution in [0.25, 0.3) is 16.7 Å². The molecule has 10 nitrogen and oxygen atoms in total. The highest BCUT2D eigenvalue weighted by Gasteiger charge is 2.19. The Hall–Kier alpha value is -4.21. The van der Waals surface area contributed by atoms with Crippen molar-refractivity contribution >= 4 is 34.2 Å². The number of aryl methyl sites for hydroxylation is 2. The Bertz CT molecular complexity index is 1580. The second-order valence-electron chi connectivity index (χ2n) is 8.97. The molecule has 36 heavy (non-hydrogen) atoms. The molecule has 0 unspecified atom stereocenters. The van der Waals surface area contributed by atoms with Gasteiger partial charge in [0.15, 0.2) is 0 Å². The van der Waals surface area contributed by atoms with E-state index in [0.29, 0.717) is 16.6 Å². The van der Waals surface area contributed by atoms with Crippen LogP contribution in [0.1, 0.15) is 37.8 Å².